The van der Waals surface area contributed by atoms with Crippen molar-refractivity contribution in [1.82, 2.24) is 19.8 Å². The number of aryl methyl sites for hydroxylation is 1. The van der Waals surface area contributed by atoms with Gasteiger partial charge in [-0.05, 0) is 64.7 Å². The van der Waals surface area contributed by atoms with E-state index < -0.39 is 9.84 Å². The summed E-state index contributed by atoms with van der Waals surface area (Å²) in [7, 11) is -3.58. The van der Waals surface area contributed by atoms with Crippen molar-refractivity contribution in [3.05, 3.63) is 87.7 Å². The molecule has 28 heavy (non-hydrogen) atoms. The molecule has 0 saturated carbocycles. The number of sulfone groups is 1. The van der Waals surface area contributed by atoms with Crippen LogP contribution in [0.3, 0.4) is 0 Å². The first-order valence-corrected chi connectivity index (χ1v) is 10.8. The molecule has 9 heteroatoms. The van der Waals surface area contributed by atoms with Crippen LogP contribution in [0.4, 0.5) is 0 Å². The zero-order valence-corrected chi connectivity index (χ0v) is 16.5. The molecule has 4 rings (SSSR count). The van der Waals surface area contributed by atoms with Crippen LogP contribution in [-0.2, 0) is 16.4 Å². The van der Waals surface area contributed by atoms with Gasteiger partial charge in [-0.2, -0.15) is 9.36 Å². The van der Waals surface area contributed by atoms with Crippen LogP contribution in [0.2, 0.25) is 0 Å². The number of thiophene rings is 1. The molecule has 142 valence electrons. The molecule has 0 saturated heterocycles. The van der Waals surface area contributed by atoms with Crippen LogP contribution in [0.15, 0.2) is 80.6 Å². The van der Waals surface area contributed by atoms with Crippen LogP contribution >= 0.6 is 11.3 Å². The van der Waals surface area contributed by atoms with E-state index in [9.17, 15) is 13.2 Å². The van der Waals surface area contributed by atoms with Gasteiger partial charge in [-0.1, -0.05) is 29.8 Å². The Labute approximate surface area is 165 Å². The Balaban J connectivity index is 1.57. The molecule has 0 unspecified atom stereocenters. The topological polar surface area (TPSA) is 86.8 Å². The highest BCUT2D eigenvalue weighted by molar-refractivity contribution is 7.91. The molecule has 0 radical (unpaired) electrons. The molecule has 0 bridgehead atoms. The van der Waals surface area contributed by atoms with Crippen molar-refractivity contribution in [1.29, 1.82) is 0 Å². The maximum atomic E-state index is 12.7. The Hall–Kier alpha value is -3.04. The number of hydrogen-bond donors (Lipinski definition) is 0. The normalized spacial score (nSPS) is 11.6. The van der Waals surface area contributed by atoms with Gasteiger partial charge in [-0.15, -0.1) is 11.3 Å². The first-order valence-electron chi connectivity index (χ1n) is 8.42. The third-order valence-corrected chi connectivity index (χ3v) is 6.88. The highest BCUT2D eigenvalue weighted by Crippen LogP contribution is 2.21. The lowest BCUT2D eigenvalue weighted by Gasteiger charge is -2.06. The minimum absolute atomic E-state index is 0.203. The quantitative estimate of drug-likeness (QED) is 0.503. The predicted molar refractivity (Wildman–Crippen MR) is 106 cm³/mol. The monoisotopic (exact) mass is 412 g/mol. The van der Waals surface area contributed by atoms with Crippen molar-refractivity contribution in [2.24, 2.45) is 0 Å². The zero-order chi connectivity index (χ0) is 19.7. The van der Waals surface area contributed by atoms with E-state index in [-0.39, 0.29) is 22.0 Å². The zero-order valence-electron chi connectivity index (χ0n) is 14.9. The average Bonchev–Trinajstić information content (AvgIpc) is 3.33. The summed E-state index contributed by atoms with van der Waals surface area (Å²) in [6, 6.07) is 16.8. The van der Waals surface area contributed by atoms with Crippen molar-refractivity contribution in [3.8, 4) is 5.00 Å². The van der Waals surface area contributed by atoms with E-state index in [2.05, 4.69) is 10.4 Å². The summed E-state index contributed by atoms with van der Waals surface area (Å²) in [5, 5.41) is 10.3. The van der Waals surface area contributed by atoms with E-state index in [1.165, 1.54) is 20.7 Å². The van der Waals surface area contributed by atoms with Crippen LogP contribution in [-0.4, -0.2) is 28.2 Å². The van der Waals surface area contributed by atoms with Crippen LogP contribution in [0.25, 0.3) is 5.00 Å². The molecule has 4 aromatic rings. The van der Waals surface area contributed by atoms with E-state index in [1.807, 2.05) is 18.4 Å². The van der Waals surface area contributed by atoms with E-state index in [0.717, 1.165) is 11.1 Å². The van der Waals surface area contributed by atoms with E-state index in [1.54, 1.807) is 54.6 Å². The molecule has 0 spiro atoms. The number of benzene rings is 2. The predicted octanol–water partition coefficient (Wildman–Crippen LogP) is 2.68. The SMILES string of the molecule is Cc1ccc(S(=O)(=O)c2ccc(Cn3nnn(-c4cccs4)c3=O)cc2)cc1. The van der Waals surface area contributed by atoms with Gasteiger partial charge < -0.3 is 0 Å². The maximum absolute atomic E-state index is 12.7. The van der Waals surface area contributed by atoms with Gasteiger partial charge >= 0.3 is 5.69 Å². The second kappa shape index (κ2) is 7.17. The highest BCUT2D eigenvalue weighted by Gasteiger charge is 2.17. The lowest BCUT2D eigenvalue weighted by molar-refractivity contribution is 0.596. The largest absolute Gasteiger partial charge is 0.369 e. The van der Waals surface area contributed by atoms with Gasteiger partial charge in [0.05, 0.1) is 16.3 Å². The van der Waals surface area contributed by atoms with Crippen molar-refractivity contribution in [3.63, 3.8) is 0 Å². The Morgan fingerprint density at radius 3 is 2.18 bits per heavy atom. The van der Waals surface area contributed by atoms with Crippen LogP contribution < -0.4 is 5.69 Å². The number of nitrogens with zero attached hydrogens (tertiary/aromatic N) is 4. The van der Waals surface area contributed by atoms with Crippen molar-refractivity contribution < 1.29 is 8.42 Å². The van der Waals surface area contributed by atoms with Gasteiger partial charge in [0.1, 0.15) is 5.00 Å². The molecule has 2 aromatic heterocycles. The number of tetrazole rings is 1. The van der Waals surface area contributed by atoms with Gasteiger partial charge in [0.15, 0.2) is 0 Å². The molecule has 0 amide bonds. The summed E-state index contributed by atoms with van der Waals surface area (Å²) >= 11 is 1.39. The van der Waals surface area contributed by atoms with Crippen LogP contribution in [0, 0.1) is 6.92 Å². The van der Waals surface area contributed by atoms with Crippen LogP contribution in [0.5, 0.6) is 0 Å². The fraction of sp³-hybridized carbons (Fsp3) is 0.105. The Kier molecular flexibility index (Phi) is 4.70. The van der Waals surface area contributed by atoms with Crippen molar-refractivity contribution in [2.45, 2.75) is 23.3 Å². The van der Waals surface area contributed by atoms with Gasteiger partial charge in [0.25, 0.3) is 0 Å². The molecule has 0 aliphatic rings. The molecule has 0 aliphatic carbocycles. The average molecular weight is 412 g/mol. The number of rotatable bonds is 5. The van der Waals surface area contributed by atoms with Crippen LogP contribution in [0.1, 0.15) is 11.1 Å². The van der Waals surface area contributed by atoms with Crippen molar-refractivity contribution in [2.75, 3.05) is 0 Å². The molecule has 0 atom stereocenters. The fourth-order valence-corrected chi connectivity index (χ4v) is 4.63. The maximum Gasteiger partial charge on any atom is 0.369 e. The summed E-state index contributed by atoms with van der Waals surface area (Å²) in [4.78, 5) is 12.9. The molecule has 2 heterocycles. The molecular weight excluding hydrogens is 396 g/mol. The van der Waals surface area contributed by atoms with Gasteiger partial charge in [0, 0.05) is 0 Å². The minimum Gasteiger partial charge on any atom is -0.244 e. The summed E-state index contributed by atoms with van der Waals surface area (Å²) < 4.78 is 27.9. The van der Waals surface area contributed by atoms with E-state index in [0.29, 0.717) is 5.00 Å². The molecule has 2 aromatic carbocycles. The summed E-state index contributed by atoms with van der Waals surface area (Å²) in [6.07, 6.45) is 0. The molecule has 0 N–H and O–H groups in total. The Bertz CT molecular complexity index is 1250. The van der Waals surface area contributed by atoms with E-state index >= 15 is 0 Å². The summed E-state index contributed by atoms with van der Waals surface area (Å²) in [5.74, 6) is 0. The molecule has 0 fully saturated rings. The van der Waals surface area contributed by atoms with Gasteiger partial charge in [0.2, 0.25) is 9.84 Å². The first kappa shape index (κ1) is 18.3. The minimum atomic E-state index is -3.58. The highest BCUT2D eigenvalue weighted by atomic mass is 32.2. The standard InChI is InChI=1S/C19H16N4O3S2/c1-14-4-8-16(9-5-14)28(25,26)17-10-6-15(7-11-17)13-22-19(24)23(21-20-22)18-3-2-12-27-18/h2-12H,13H2,1H3. The Morgan fingerprint density at radius 2 is 1.57 bits per heavy atom. The van der Waals surface area contributed by atoms with Gasteiger partial charge in [-0.3, -0.25) is 0 Å². The molecular formula is C19H16N4O3S2. The second-order valence-corrected chi connectivity index (χ2v) is 9.12. The first-order chi connectivity index (χ1) is 13.4. The number of hydrogen-bond acceptors (Lipinski definition) is 6. The lowest BCUT2D eigenvalue weighted by atomic mass is 10.2. The third-order valence-electron chi connectivity index (χ3n) is 4.25. The molecule has 0 aliphatic heterocycles. The summed E-state index contributed by atoms with van der Waals surface area (Å²) in [5.41, 5.74) is 1.40. The van der Waals surface area contributed by atoms with E-state index in [4.69, 9.17) is 0 Å². The fourth-order valence-electron chi connectivity index (χ4n) is 2.70. The number of aromatic nitrogens is 4. The van der Waals surface area contributed by atoms with Gasteiger partial charge in [-0.25, -0.2) is 13.2 Å². The van der Waals surface area contributed by atoms with Crippen molar-refractivity contribution >= 4 is 21.2 Å². The Morgan fingerprint density at radius 1 is 0.929 bits per heavy atom. The smallest absolute Gasteiger partial charge is 0.244 e. The molecule has 7 nitrogen and oxygen atoms in total. The lowest BCUT2D eigenvalue weighted by Crippen LogP contribution is -2.24. The second-order valence-electron chi connectivity index (χ2n) is 6.24. The summed E-state index contributed by atoms with van der Waals surface area (Å²) in [6.45, 7) is 2.11. The third kappa shape index (κ3) is 3.41.